The Morgan fingerprint density at radius 1 is 1.35 bits per heavy atom. The van der Waals surface area contributed by atoms with Crippen molar-refractivity contribution in [1.29, 1.82) is 0 Å². The molecule has 0 spiro atoms. The van der Waals surface area contributed by atoms with Crippen LogP contribution in [0.4, 0.5) is 4.39 Å². The minimum atomic E-state index is -0.263. The lowest BCUT2D eigenvalue weighted by Crippen LogP contribution is -2.28. The van der Waals surface area contributed by atoms with Gasteiger partial charge in [-0.05, 0) is 62.9 Å². The number of ether oxygens (including phenoxy) is 1. The van der Waals surface area contributed by atoms with Crippen LogP contribution in [0, 0.1) is 18.7 Å². The van der Waals surface area contributed by atoms with Gasteiger partial charge in [-0.1, -0.05) is 6.07 Å². The molecular weight excluding hydrogens is 217 g/mol. The fraction of sp³-hybridized carbons (Fsp3) is 0.571. The van der Waals surface area contributed by atoms with Gasteiger partial charge in [0, 0.05) is 0 Å². The van der Waals surface area contributed by atoms with E-state index in [1.807, 2.05) is 6.92 Å². The van der Waals surface area contributed by atoms with E-state index >= 15 is 0 Å². The molecule has 1 aromatic rings. The van der Waals surface area contributed by atoms with E-state index in [4.69, 9.17) is 4.74 Å². The van der Waals surface area contributed by atoms with Crippen LogP contribution in [0.2, 0.25) is 0 Å². The van der Waals surface area contributed by atoms with Crippen molar-refractivity contribution < 1.29 is 9.13 Å². The molecule has 1 N–H and O–H groups in total. The van der Waals surface area contributed by atoms with Crippen LogP contribution in [0.3, 0.4) is 0 Å². The Kier molecular flexibility index (Phi) is 4.37. The van der Waals surface area contributed by atoms with Gasteiger partial charge in [0.05, 0.1) is 6.61 Å². The molecular formula is C14H20FNO. The molecule has 0 atom stereocenters. The van der Waals surface area contributed by atoms with Gasteiger partial charge in [-0.25, -0.2) is 4.39 Å². The van der Waals surface area contributed by atoms with Gasteiger partial charge in [0.1, 0.15) is 0 Å². The van der Waals surface area contributed by atoms with Crippen molar-refractivity contribution in [3.05, 3.63) is 29.6 Å². The summed E-state index contributed by atoms with van der Waals surface area (Å²) in [5, 5.41) is 3.34. The van der Waals surface area contributed by atoms with Gasteiger partial charge in [-0.2, -0.15) is 0 Å². The summed E-state index contributed by atoms with van der Waals surface area (Å²) in [6.45, 7) is 4.76. The average molecular weight is 237 g/mol. The minimum Gasteiger partial charge on any atom is -0.490 e. The number of hydrogen-bond acceptors (Lipinski definition) is 2. The first-order chi connectivity index (χ1) is 8.25. The van der Waals surface area contributed by atoms with Crippen molar-refractivity contribution in [2.45, 2.75) is 26.2 Å². The van der Waals surface area contributed by atoms with Gasteiger partial charge in [0.2, 0.25) is 0 Å². The van der Waals surface area contributed by atoms with Crippen LogP contribution in [0.5, 0.6) is 5.75 Å². The van der Waals surface area contributed by atoms with Gasteiger partial charge in [-0.3, -0.25) is 0 Å². The standard InChI is InChI=1S/C14H20FNO/c1-11-2-3-13(15)14(10-11)17-9-6-12-4-7-16-8-5-12/h2-3,10,12,16H,4-9H2,1H3. The summed E-state index contributed by atoms with van der Waals surface area (Å²) in [5.41, 5.74) is 1.03. The van der Waals surface area contributed by atoms with Crippen LogP contribution >= 0.6 is 0 Å². The van der Waals surface area contributed by atoms with Crippen LogP contribution in [0.15, 0.2) is 18.2 Å². The Balaban J connectivity index is 1.79. The zero-order valence-electron chi connectivity index (χ0n) is 10.3. The molecule has 1 heterocycles. The van der Waals surface area contributed by atoms with Crippen LogP contribution < -0.4 is 10.1 Å². The number of nitrogens with one attached hydrogen (secondary N) is 1. The molecule has 3 heteroatoms. The molecule has 1 fully saturated rings. The Hall–Kier alpha value is -1.09. The van der Waals surface area contributed by atoms with Crippen molar-refractivity contribution in [2.75, 3.05) is 19.7 Å². The van der Waals surface area contributed by atoms with E-state index < -0.39 is 0 Å². The van der Waals surface area contributed by atoms with Crippen LogP contribution in [-0.4, -0.2) is 19.7 Å². The quantitative estimate of drug-likeness (QED) is 0.869. The third-order valence-corrected chi connectivity index (χ3v) is 3.33. The van der Waals surface area contributed by atoms with Gasteiger partial charge < -0.3 is 10.1 Å². The summed E-state index contributed by atoms with van der Waals surface area (Å²) >= 11 is 0. The Labute approximate surface area is 102 Å². The maximum atomic E-state index is 13.4. The molecule has 2 nitrogen and oxygen atoms in total. The molecule has 2 rings (SSSR count). The number of halogens is 1. The molecule has 1 saturated heterocycles. The second-order valence-electron chi connectivity index (χ2n) is 4.76. The predicted octanol–water partition coefficient (Wildman–Crippen LogP) is 2.90. The van der Waals surface area contributed by atoms with Crippen molar-refractivity contribution in [3.63, 3.8) is 0 Å². The molecule has 1 aromatic carbocycles. The fourth-order valence-electron chi connectivity index (χ4n) is 2.23. The van der Waals surface area contributed by atoms with E-state index in [9.17, 15) is 4.39 Å². The molecule has 0 radical (unpaired) electrons. The average Bonchev–Trinajstić information content (AvgIpc) is 2.35. The van der Waals surface area contributed by atoms with E-state index in [1.165, 1.54) is 18.9 Å². The number of rotatable bonds is 4. The van der Waals surface area contributed by atoms with Crippen molar-refractivity contribution >= 4 is 0 Å². The smallest absolute Gasteiger partial charge is 0.165 e. The zero-order valence-corrected chi connectivity index (χ0v) is 10.3. The molecule has 0 bridgehead atoms. The maximum Gasteiger partial charge on any atom is 0.165 e. The highest BCUT2D eigenvalue weighted by Crippen LogP contribution is 2.20. The highest BCUT2D eigenvalue weighted by molar-refractivity contribution is 5.29. The molecule has 94 valence electrons. The first-order valence-corrected chi connectivity index (χ1v) is 6.35. The lowest BCUT2D eigenvalue weighted by molar-refractivity contribution is 0.244. The Morgan fingerprint density at radius 3 is 2.88 bits per heavy atom. The van der Waals surface area contributed by atoms with Crippen molar-refractivity contribution in [2.24, 2.45) is 5.92 Å². The van der Waals surface area contributed by atoms with E-state index in [0.29, 0.717) is 12.4 Å². The first-order valence-electron chi connectivity index (χ1n) is 6.35. The third-order valence-electron chi connectivity index (χ3n) is 3.33. The molecule has 1 aliphatic heterocycles. The molecule has 0 amide bonds. The summed E-state index contributed by atoms with van der Waals surface area (Å²) in [5.74, 6) is 0.851. The van der Waals surface area contributed by atoms with Gasteiger partial charge >= 0.3 is 0 Å². The molecule has 0 unspecified atom stereocenters. The van der Waals surface area contributed by atoms with E-state index in [0.717, 1.165) is 31.0 Å². The zero-order chi connectivity index (χ0) is 12.1. The second kappa shape index (κ2) is 6.01. The minimum absolute atomic E-state index is 0.263. The Morgan fingerprint density at radius 2 is 2.12 bits per heavy atom. The molecule has 17 heavy (non-hydrogen) atoms. The molecule has 0 saturated carbocycles. The highest BCUT2D eigenvalue weighted by atomic mass is 19.1. The van der Waals surface area contributed by atoms with Crippen LogP contribution in [0.25, 0.3) is 0 Å². The SMILES string of the molecule is Cc1ccc(F)c(OCCC2CCNCC2)c1. The second-order valence-corrected chi connectivity index (χ2v) is 4.76. The van der Waals surface area contributed by atoms with Crippen molar-refractivity contribution in [1.82, 2.24) is 5.32 Å². The lowest BCUT2D eigenvalue weighted by atomic mass is 9.95. The number of aryl methyl sites for hydroxylation is 1. The number of benzene rings is 1. The first kappa shape index (κ1) is 12.4. The van der Waals surface area contributed by atoms with Crippen LogP contribution in [-0.2, 0) is 0 Å². The lowest BCUT2D eigenvalue weighted by Gasteiger charge is -2.22. The summed E-state index contributed by atoms with van der Waals surface area (Å²) in [7, 11) is 0. The van der Waals surface area contributed by atoms with E-state index in [-0.39, 0.29) is 5.82 Å². The number of piperidine rings is 1. The van der Waals surface area contributed by atoms with Gasteiger partial charge in [0.15, 0.2) is 11.6 Å². The van der Waals surface area contributed by atoms with Gasteiger partial charge in [0.25, 0.3) is 0 Å². The summed E-state index contributed by atoms with van der Waals surface area (Å²) in [6, 6.07) is 4.99. The summed E-state index contributed by atoms with van der Waals surface area (Å²) in [6.07, 6.45) is 3.44. The normalized spacial score (nSPS) is 17.1. The highest BCUT2D eigenvalue weighted by Gasteiger charge is 2.13. The third kappa shape index (κ3) is 3.70. The molecule has 0 aliphatic carbocycles. The Bertz CT molecular complexity index is 361. The number of hydrogen-bond donors (Lipinski definition) is 1. The topological polar surface area (TPSA) is 21.3 Å². The van der Waals surface area contributed by atoms with E-state index in [2.05, 4.69) is 5.32 Å². The fourth-order valence-corrected chi connectivity index (χ4v) is 2.23. The summed E-state index contributed by atoms with van der Waals surface area (Å²) < 4.78 is 18.9. The van der Waals surface area contributed by atoms with Crippen molar-refractivity contribution in [3.8, 4) is 5.75 Å². The molecule has 1 aliphatic rings. The van der Waals surface area contributed by atoms with Crippen LogP contribution in [0.1, 0.15) is 24.8 Å². The van der Waals surface area contributed by atoms with Gasteiger partial charge in [-0.15, -0.1) is 0 Å². The predicted molar refractivity (Wildman–Crippen MR) is 66.8 cm³/mol. The molecule has 0 aromatic heterocycles. The monoisotopic (exact) mass is 237 g/mol. The summed E-state index contributed by atoms with van der Waals surface area (Å²) in [4.78, 5) is 0. The maximum absolute atomic E-state index is 13.4. The van der Waals surface area contributed by atoms with E-state index in [1.54, 1.807) is 12.1 Å². The largest absolute Gasteiger partial charge is 0.490 e.